The molecular weight excluding hydrogens is 166 g/mol. The van der Waals surface area contributed by atoms with Crippen LogP contribution in [0.1, 0.15) is 0 Å². The number of nitrogens with zero attached hydrogens (tertiary/aromatic N) is 3. The molecule has 4 nitrogen and oxygen atoms in total. The summed E-state index contributed by atoms with van der Waals surface area (Å²) in [5.41, 5.74) is 0.901. The molecule has 2 aromatic rings. The fraction of sp³-hybridized carbons (Fsp3) is 0.111. The SMILES string of the molecule is Cn1cnc(-c2ccc(O)cc2)n1. The van der Waals surface area contributed by atoms with Crippen LogP contribution in [0.15, 0.2) is 30.6 Å². The number of aromatic hydroxyl groups is 1. The molecule has 0 aliphatic rings. The van der Waals surface area contributed by atoms with Crippen molar-refractivity contribution in [3.05, 3.63) is 30.6 Å². The summed E-state index contributed by atoms with van der Waals surface area (Å²) in [6.07, 6.45) is 1.64. The lowest BCUT2D eigenvalue weighted by atomic mass is 10.2. The summed E-state index contributed by atoms with van der Waals surface area (Å²) >= 11 is 0. The van der Waals surface area contributed by atoms with E-state index in [0.29, 0.717) is 5.82 Å². The predicted octanol–water partition coefficient (Wildman–Crippen LogP) is 1.19. The second-order valence-electron chi connectivity index (χ2n) is 2.79. The monoisotopic (exact) mass is 175 g/mol. The molecule has 0 aliphatic carbocycles. The molecule has 0 radical (unpaired) electrons. The van der Waals surface area contributed by atoms with Crippen LogP contribution < -0.4 is 0 Å². The Morgan fingerprint density at radius 1 is 1.23 bits per heavy atom. The van der Waals surface area contributed by atoms with Crippen LogP contribution in [0.3, 0.4) is 0 Å². The van der Waals surface area contributed by atoms with Crippen molar-refractivity contribution in [1.29, 1.82) is 0 Å². The largest absolute Gasteiger partial charge is 0.508 e. The smallest absolute Gasteiger partial charge is 0.181 e. The minimum atomic E-state index is 0.250. The fourth-order valence-corrected chi connectivity index (χ4v) is 1.08. The van der Waals surface area contributed by atoms with E-state index in [0.717, 1.165) is 5.56 Å². The third-order valence-electron chi connectivity index (χ3n) is 1.73. The van der Waals surface area contributed by atoms with E-state index in [2.05, 4.69) is 10.1 Å². The van der Waals surface area contributed by atoms with E-state index < -0.39 is 0 Å². The van der Waals surface area contributed by atoms with E-state index in [9.17, 15) is 0 Å². The molecule has 0 unspecified atom stereocenters. The number of hydrogen-bond acceptors (Lipinski definition) is 3. The number of aromatic nitrogens is 3. The first-order valence-corrected chi connectivity index (χ1v) is 3.91. The maximum Gasteiger partial charge on any atom is 0.181 e. The van der Waals surface area contributed by atoms with E-state index in [-0.39, 0.29) is 5.75 Å². The Bertz CT molecular complexity index is 405. The summed E-state index contributed by atoms with van der Waals surface area (Å²) in [4.78, 5) is 4.09. The molecule has 0 amide bonds. The maximum absolute atomic E-state index is 9.06. The number of phenols is 1. The zero-order chi connectivity index (χ0) is 9.26. The number of hydrogen-bond donors (Lipinski definition) is 1. The van der Waals surface area contributed by atoms with Crippen molar-refractivity contribution in [1.82, 2.24) is 14.8 Å². The zero-order valence-electron chi connectivity index (χ0n) is 7.18. The van der Waals surface area contributed by atoms with Crippen LogP contribution in [0, 0.1) is 0 Å². The molecule has 0 bridgehead atoms. The van der Waals surface area contributed by atoms with Crippen molar-refractivity contribution in [3.63, 3.8) is 0 Å². The summed E-state index contributed by atoms with van der Waals surface area (Å²) in [5, 5.41) is 13.2. The standard InChI is InChI=1S/C9H9N3O/c1-12-6-10-9(11-12)7-2-4-8(13)5-3-7/h2-6,13H,1H3. The van der Waals surface area contributed by atoms with Gasteiger partial charge in [-0.15, -0.1) is 0 Å². The molecule has 0 spiro atoms. The first-order chi connectivity index (χ1) is 6.25. The topological polar surface area (TPSA) is 50.9 Å². The quantitative estimate of drug-likeness (QED) is 0.708. The van der Waals surface area contributed by atoms with Gasteiger partial charge in [0.15, 0.2) is 5.82 Å². The van der Waals surface area contributed by atoms with Crippen molar-refractivity contribution >= 4 is 0 Å². The zero-order valence-corrected chi connectivity index (χ0v) is 7.18. The van der Waals surface area contributed by atoms with Gasteiger partial charge in [-0.2, -0.15) is 5.10 Å². The Hall–Kier alpha value is -1.84. The van der Waals surface area contributed by atoms with Crippen LogP contribution >= 0.6 is 0 Å². The summed E-state index contributed by atoms with van der Waals surface area (Å²) in [5.74, 6) is 0.919. The Balaban J connectivity index is 2.41. The van der Waals surface area contributed by atoms with Crippen molar-refractivity contribution < 1.29 is 5.11 Å². The van der Waals surface area contributed by atoms with E-state index in [4.69, 9.17) is 5.11 Å². The highest BCUT2D eigenvalue weighted by Crippen LogP contribution is 2.17. The molecule has 66 valence electrons. The summed E-state index contributed by atoms with van der Waals surface area (Å²) in [6.45, 7) is 0. The molecule has 1 aromatic carbocycles. The summed E-state index contributed by atoms with van der Waals surface area (Å²) in [7, 11) is 1.82. The molecule has 0 saturated heterocycles. The van der Waals surface area contributed by atoms with Crippen LogP contribution in [-0.2, 0) is 7.05 Å². The van der Waals surface area contributed by atoms with Gasteiger partial charge in [0, 0.05) is 12.6 Å². The van der Waals surface area contributed by atoms with Gasteiger partial charge < -0.3 is 5.11 Å². The second kappa shape index (κ2) is 2.90. The number of rotatable bonds is 1. The van der Waals surface area contributed by atoms with E-state index >= 15 is 0 Å². The van der Waals surface area contributed by atoms with Crippen molar-refractivity contribution in [3.8, 4) is 17.1 Å². The molecule has 0 saturated carbocycles. The number of aryl methyl sites for hydroxylation is 1. The van der Waals surface area contributed by atoms with Crippen LogP contribution in [0.2, 0.25) is 0 Å². The van der Waals surface area contributed by atoms with Gasteiger partial charge in [0.2, 0.25) is 0 Å². The van der Waals surface area contributed by atoms with Gasteiger partial charge in [0.05, 0.1) is 0 Å². The third-order valence-corrected chi connectivity index (χ3v) is 1.73. The van der Waals surface area contributed by atoms with E-state index in [1.165, 1.54) is 0 Å². The Morgan fingerprint density at radius 3 is 2.46 bits per heavy atom. The number of phenolic OH excluding ortho intramolecular Hbond substituents is 1. The molecule has 2 rings (SSSR count). The van der Waals surface area contributed by atoms with Gasteiger partial charge in [0.1, 0.15) is 12.1 Å². The first-order valence-electron chi connectivity index (χ1n) is 3.91. The van der Waals surface area contributed by atoms with Gasteiger partial charge >= 0.3 is 0 Å². The Kier molecular flexibility index (Phi) is 1.73. The first kappa shape index (κ1) is 7.79. The molecule has 0 aliphatic heterocycles. The number of benzene rings is 1. The minimum Gasteiger partial charge on any atom is -0.508 e. The fourth-order valence-electron chi connectivity index (χ4n) is 1.08. The van der Waals surface area contributed by atoms with Crippen molar-refractivity contribution in [2.24, 2.45) is 7.05 Å². The van der Waals surface area contributed by atoms with Gasteiger partial charge in [0.25, 0.3) is 0 Å². The molecule has 0 atom stereocenters. The Labute approximate surface area is 75.5 Å². The highest BCUT2D eigenvalue weighted by atomic mass is 16.3. The van der Waals surface area contributed by atoms with Gasteiger partial charge in [-0.05, 0) is 24.3 Å². The van der Waals surface area contributed by atoms with Gasteiger partial charge in [-0.25, -0.2) is 4.98 Å². The molecule has 1 heterocycles. The van der Waals surface area contributed by atoms with Gasteiger partial charge in [-0.1, -0.05) is 0 Å². The average Bonchev–Trinajstić information content (AvgIpc) is 2.53. The normalized spacial score (nSPS) is 10.2. The van der Waals surface area contributed by atoms with Crippen molar-refractivity contribution in [2.45, 2.75) is 0 Å². The summed E-state index contributed by atoms with van der Waals surface area (Å²) < 4.78 is 1.64. The molecule has 13 heavy (non-hydrogen) atoms. The van der Waals surface area contributed by atoms with Crippen LogP contribution in [0.25, 0.3) is 11.4 Å². The minimum absolute atomic E-state index is 0.250. The van der Waals surface area contributed by atoms with Crippen molar-refractivity contribution in [2.75, 3.05) is 0 Å². The molecule has 1 N–H and O–H groups in total. The van der Waals surface area contributed by atoms with Crippen LogP contribution in [-0.4, -0.2) is 19.9 Å². The predicted molar refractivity (Wildman–Crippen MR) is 48.1 cm³/mol. The molecular formula is C9H9N3O. The lowest BCUT2D eigenvalue weighted by molar-refractivity contribution is 0.475. The lowest BCUT2D eigenvalue weighted by Crippen LogP contribution is -1.87. The third kappa shape index (κ3) is 1.51. The van der Waals surface area contributed by atoms with Crippen LogP contribution in [0.4, 0.5) is 0 Å². The van der Waals surface area contributed by atoms with E-state index in [1.807, 2.05) is 7.05 Å². The highest BCUT2D eigenvalue weighted by Gasteiger charge is 2.01. The second-order valence-corrected chi connectivity index (χ2v) is 2.79. The van der Waals surface area contributed by atoms with Gasteiger partial charge in [-0.3, -0.25) is 4.68 Å². The molecule has 4 heteroatoms. The molecule has 0 fully saturated rings. The highest BCUT2D eigenvalue weighted by molar-refractivity contribution is 5.55. The lowest BCUT2D eigenvalue weighted by Gasteiger charge is -1.94. The summed E-state index contributed by atoms with van der Waals surface area (Å²) in [6, 6.07) is 6.80. The average molecular weight is 175 g/mol. The van der Waals surface area contributed by atoms with E-state index in [1.54, 1.807) is 35.3 Å². The Morgan fingerprint density at radius 2 is 1.92 bits per heavy atom. The maximum atomic E-state index is 9.06. The molecule has 1 aromatic heterocycles. The van der Waals surface area contributed by atoms with Crippen LogP contribution in [0.5, 0.6) is 5.75 Å².